The molecule has 0 saturated carbocycles. The number of rotatable bonds is 3. The molecule has 1 saturated heterocycles. The molecule has 2 aromatic heterocycles. The largest absolute Gasteiger partial charge is 0.352 e. The lowest BCUT2D eigenvalue weighted by molar-refractivity contribution is 0.208. The fourth-order valence-corrected chi connectivity index (χ4v) is 3.03. The van der Waals surface area contributed by atoms with Crippen LogP contribution in [0.5, 0.6) is 0 Å². The first-order chi connectivity index (χ1) is 13.6. The van der Waals surface area contributed by atoms with E-state index in [1.807, 2.05) is 46.1 Å². The minimum Gasteiger partial charge on any atom is -0.352 e. The number of carbonyl (C=O) groups is 1. The Morgan fingerprint density at radius 3 is 2.21 bits per heavy atom. The summed E-state index contributed by atoms with van der Waals surface area (Å²) in [5.74, 6) is -0.463. The van der Waals surface area contributed by atoms with Crippen LogP contribution in [0.15, 0.2) is 54.9 Å². The molecule has 2 amide bonds. The molecule has 1 fully saturated rings. The predicted molar refractivity (Wildman–Crippen MR) is 101 cm³/mol. The number of halogens is 2. The smallest absolute Gasteiger partial charge is 0.321 e. The summed E-state index contributed by atoms with van der Waals surface area (Å²) in [6, 6.07) is 10.6. The molecule has 9 heteroatoms. The maximum absolute atomic E-state index is 13.3. The van der Waals surface area contributed by atoms with E-state index in [4.69, 9.17) is 0 Å². The molecule has 3 heterocycles. The minimum atomic E-state index is -0.996. The molecule has 0 atom stereocenters. The van der Waals surface area contributed by atoms with Gasteiger partial charge in [0, 0.05) is 50.3 Å². The molecule has 3 aromatic rings. The topological polar surface area (TPSA) is 66.3 Å². The van der Waals surface area contributed by atoms with Gasteiger partial charge in [-0.1, -0.05) is 0 Å². The van der Waals surface area contributed by atoms with E-state index in [1.54, 1.807) is 4.90 Å². The first-order valence-corrected chi connectivity index (χ1v) is 8.83. The van der Waals surface area contributed by atoms with Crippen LogP contribution >= 0.6 is 0 Å². The van der Waals surface area contributed by atoms with Gasteiger partial charge >= 0.3 is 6.03 Å². The molecule has 1 aromatic carbocycles. The van der Waals surface area contributed by atoms with Crippen molar-refractivity contribution in [2.75, 3.05) is 36.4 Å². The van der Waals surface area contributed by atoms with Crippen molar-refractivity contribution in [1.29, 1.82) is 0 Å². The van der Waals surface area contributed by atoms with Gasteiger partial charge in [-0.05, 0) is 36.4 Å². The third-order valence-corrected chi connectivity index (χ3v) is 4.57. The summed E-state index contributed by atoms with van der Waals surface area (Å²) in [5.41, 5.74) is 0.220. The molecule has 4 rings (SSSR count). The second-order valence-electron chi connectivity index (χ2n) is 6.37. The highest BCUT2D eigenvalue weighted by atomic mass is 19.2. The second-order valence-corrected chi connectivity index (χ2v) is 6.37. The van der Waals surface area contributed by atoms with Crippen molar-refractivity contribution in [3.05, 3.63) is 66.5 Å². The van der Waals surface area contributed by atoms with Gasteiger partial charge in [0.25, 0.3) is 0 Å². The Balaban J connectivity index is 1.33. The normalized spacial score (nSPS) is 14.2. The first-order valence-electron chi connectivity index (χ1n) is 8.83. The molecule has 0 spiro atoms. The highest BCUT2D eigenvalue weighted by Gasteiger charge is 2.22. The van der Waals surface area contributed by atoms with Crippen LogP contribution in [0.1, 0.15) is 0 Å². The Bertz CT molecular complexity index is 953. The number of urea groups is 1. The molecule has 1 aliphatic rings. The molecule has 0 aliphatic carbocycles. The molecule has 0 radical (unpaired) electrons. The molecule has 7 nitrogen and oxygen atoms in total. The van der Waals surface area contributed by atoms with E-state index in [-0.39, 0.29) is 11.7 Å². The number of nitrogens with zero attached hydrogens (tertiary/aromatic N) is 5. The zero-order valence-corrected chi connectivity index (χ0v) is 14.9. The Morgan fingerprint density at radius 1 is 0.893 bits per heavy atom. The Labute approximate surface area is 160 Å². The van der Waals surface area contributed by atoms with E-state index in [0.29, 0.717) is 26.2 Å². The van der Waals surface area contributed by atoms with E-state index in [0.717, 1.165) is 23.8 Å². The SMILES string of the molecule is O=C(Nc1ccc(F)c(F)c1)N1CCN(c2ccc(-n3cccc3)nn2)CC1. The zero-order valence-electron chi connectivity index (χ0n) is 14.9. The van der Waals surface area contributed by atoms with E-state index in [2.05, 4.69) is 15.5 Å². The van der Waals surface area contributed by atoms with Gasteiger partial charge in [0.15, 0.2) is 23.3 Å². The van der Waals surface area contributed by atoms with Crippen molar-refractivity contribution >= 4 is 17.5 Å². The fourth-order valence-electron chi connectivity index (χ4n) is 3.03. The molecule has 0 bridgehead atoms. The third kappa shape index (κ3) is 3.78. The van der Waals surface area contributed by atoms with Crippen molar-refractivity contribution in [2.45, 2.75) is 0 Å². The average Bonchev–Trinajstić information content (AvgIpc) is 3.26. The van der Waals surface area contributed by atoms with Crippen LogP contribution in [0.4, 0.5) is 25.1 Å². The van der Waals surface area contributed by atoms with Crippen LogP contribution in [-0.4, -0.2) is 51.9 Å². The minimum absolute atomic E-state index is 0.220. The van der Waals surface area contributed by atoms with Crippen molar-refractivity contribution in [3.63, 3.8) is 0 Å². The molecule has 0 unspecified atom stereocenters. The number of aromatic nitrogens is 3. The van der Waals surface area contributed by atoms with Gasteiger partial charge in [-0.3, -0.25) is 0 Å². The summed E-state index contributed by atoms with van der Waals surface area (Å²) in [7, 11) is 0. The van der Waals surface area contributed by atoms with Crippen molar-refractivity contribution < 1.29 is 13.6 Å². The van der Waals surface area contributed by atoms with Crippen molar-refractivity contribution in [2.24, 2.45) is 0 Å². The lowest BCUT2D eigenvalue weighted by Gasteiger charge is -2.35. The molecular weight excluding hydrogens is 366 g/mol. The van der Waals surface area contributed by atoms with Crippen LogP contribution in [-0.2, 0) is 0 Å². The number of anilines is 2. The molecule has 144 valence electrons. The third-order valence-electron chi connectivity index (χ3n) is 4.57. The summed E-state index contributed by atoms with van der Waals surface area (Å²) < 4.78 is 28.1. The lowest BCUT2D eigenvalue weighted by atomic mass is 10.3. The first kappa shape index (κ1) is 17.9. The number of hydrogen-bond acceptors (Lipinski definition) is 4. The number of piperazine rings is 1. The van der Waals surface area contributed by atoms with E-state index < -0.39 is 11.6 Å². The zero-order chi connectivity index (χ0) is 19.5. The van der Waals surface area contributed by atoms with Gasteiger partial charge in [-0.2, -0.15) is 0 Å². The Hall–Kier alpha value is -3.49. The summed E-state index contributed by atoms with van der Waals surface area (Å²) in [5, 5.41) is 11.1. The molecule has 28 heavy (non-hydrogen) atoms. The maximum atomic E-state index is 13.3. The quantitative estimate of drug-likeness (QED) is 0.754. The molecule has 1 N–H and O–H groups in total. The van der Waals surface area contributed by atoms with Gasteiger partial charge in [-0.15, -0.1) is 10.2 Å². The van der Waals surface area contributed by atoms with Crippen molar-refractivity contribution in [1.82, 2.24) is 19.7 Å². The lowest BCUT2D eigenvalue weighted by Crippen LogP contribution is -2.50. The van der Waals surface area contributed by atoms with Crippen LogP contribution in [0.25, 0.3) is 5.82 Å². The highest BCUT2D eigenvalue weighted by Crippen LogP contribution is 2.17. The van der Waals surface area contributed by atoms with Gasteiger partial charge in [0.05, 0.1) is 0 Å². The van der Waals surface area contributed by atoms with E-state index >= 15 is 0 Å². The number of amides is 2. The number of carbonyl (C=O) groups excluding carboxylic acids is 1. The Kier molecular flexibility index (Phi) is 4.88. The predicted octanol–water partition coefficient (Wildman–Crippen LogP) is 2.90. The van der Waals surface area contributed by atoms with Crippen LogP contribution < -0.4 is 10.2 Å². The highest BCUT2D eigenvalue weighted by molar-refractivity contribution is 5.89. The summed E-state index contributed by atoms with van der Waals surface area (Å²) in [6.07, 6.45) is 3.79. The summed E-state index contributed by atoms with van der Waals surface area (Å²) in [6.45, 7) is 2.17. The number of nitrogens with one attached hydrogen (secondary N) is 1. The second kappa shape index (κ2) is 7.63. The van der Waals surface area contributed by atoms with Gasteiger partial charge in [0.2, 0.25) is 0 Å². The van der Waals surface area contributed by atoms with Gasteiger partial charge < -0.3 is 19.7 Å². The Morgan fingerprint density at radius 2 is 1.57 bits per heavy atom. The average molecular weight is 384 g/mol. The van der Waals surface area contributed by atoms with Crippen LogP contribution in [0.2, 0.25) is 0 Å². The number of hydrogen-bond donors (Lipinski definition) is 1. The summed E-state index contributed by atoms with van der Waals surface area (Å²) in [4.78, 5) is 16.0. The maximum Gasteiger partial charge on any atom is 0.321 e. The number of benzene rings is 1. The molecular formula is C19H18F2N6O. The van der Waals surface area contributed by atoms with E-state index in [1.165, 1.54) is 6.07 Å². The fraction of sp³-hybridized carbons (Fsp3) is 0.211. The van der Waals surface area contributed by atoms with Crippen molar-refractivity contribution in [3.8, 4) is 5.82 Å². The van der Waals surface area contributed by atoms with Crippen LogP contribution in [0, 0.1) is 11.6 Å². The standard InChI is InChI=1S/C19H18F2N6O/c20-15-4-3-14(13-16(15)21)22-19(28)27-11-9-26(10-12-27)18-6-5-17(23-24-18)25-7-1-2-8-25/h1-8,13H,9-12H2,(H,22,28). The molecule has 1 aliphatic heterocycles. The monoisotopic (exact) mass is 384 g/mol. The van der Waals surface area contributed by atoms with E-state index in [9.17, 15) is 13.6 Å². The van der Waals surface area contributed by atoms with Gasteiger partial charge in [-0.25, -0.2) is 13.6 Å². The summed E-state index contributed by atoms with van der Waals surface area (Å²) >= 11 is 0. The van der Waals surface area contributed by atoms with Crippen LogP contribution in [0.3, 0.4) is 0 Å². The van der Waals surface area contributed by atoms with Gasteiger partial charge in [0.1, 0.15) is 0 Å².